The predicted molar refractivity (Wildman–Crippen MR) is 65.9 cm³/mol. The molecular formula is C14H19NO. The largest absolute Gasteiger partial charge is 0.314 e. The fourth-order valence-corrected chi connectivity index (χ4v) is 2.46. The minimum Gasteiger partial charge on any atom is -0.314 e. The van der Waals surface area contributed by atoms with Gasteiger partial charge in [-0.25, -0.2) is 0 Å². The second-order valence-corrected chi connectivity index (χ2v) is 4.67. The zero-order valence-corrected chi connectivity index (χ0v) is 9.99. The number of carbonyl (C=O) groups excluding carboxylic acids is 1. The summed E-state index contributed by atoms with van der Waals surface area (Å²) in [5.41, 5.74) is 2.16. The van der Waals surface area contributed by atoms with Crippen LogP contribution in [-0.2, 0) is 0 Å². The van der Waals surface area contributed by atoms with Gasteiger partial charge in [0.1, 0.15) is 0 Å². The number of piperidine rings is 1. The standard InChI is InChI=1S/C14H19NO/c1-10-14(4-3-9-15-10)13-7-5-12(6-8-13)11(2)16/h5-8,10,14-15H,3-4,9H2,1-2H3. The van der Waals surface area contributed by atoms with Crippen molar-refractivity contribution >= 4 is 5.78 Å². The average molecular weight is 217 g/mol. The number of benzene rings is 1. The number of rotatable bonds is 2. The Morgan fingerprint density at radius 3 is 2.56 bits per heavy atom. The minimum atomic E-state index is 0.140. The minimum absolute atomic E-state index is 0.140. The molecule has 0 radical (unpaired) electrons. The molecule has 0 spiro atoms. The summed E-state index contributed by atoms with van der Waals surface area (Å²) in [7, 11) is 0. The summed E-state index contributed by atoms with van der Waals surface area (Å²) in [5.74, 6) is 0.733. The number of ketones is 1. The van der Waals surface area contributed by atoms with E-state index in [1.54, 1.807) is 6.92 Å². The third-order valence-corrected chi connectivity index (χ3v) is 3.51. The van der Waals surface area contributed by atoms with Gasteiger partial charge in [0.25, 0.3) is 0 Å². The molecule has 0 amide bonds. The Labute approximate surface area is 97.1 Å². The lowest BCUT2D eigenvalue weighted by atomic mass is 9.85. The maximum atomic E-state index is 11.2. The summed E-state index contributed by atoms with van der Waals surface area (Å²) in [4.78, 5) is 11.2. The van der Waals surface area contributed by atoms with Crippen molar-refractivity contribution in [3.8, 4) is 0 Å². The molecule has 2 atom stereocenters. The van der Waals surface area contributed by atoms with Crippen molar-refractivity contribution in [2.45, 2.75) is 38.6 Å². The Morgan fingerprint density at radius 2 is 2.00 bits per heavy atom. The van der Waals surface area contributed by atoms with E-state index in [1.165, 1.54) is 18.4 Å². The van der Waals surface area contributed by atoms with Crippen LogP contribution in [0.1, 0.15) is 48.5 Å². The summed E-state index contributed by atoms with van der Waals surface area (Å²) in [5, 5.41) is 3.50. The summed E-state index contributed by atoms with van der Waals surface area (Å²) in [6.07, 6.45) is 2.48. The van der Waals surface area contributed by atoms with Crippen LogP contribution in [0.15, 0.2) is 24.3 Å². The topological polar surface area (TPSA) is 29.1 Å². The van der Waals surface area contributed by atoms with Gasteiger partial charge in [0, 0.05) is 11.6 Å². The maximum Gasteiger partial charge on any atom is 0.159 e. The molecule has 2 rings (SSSR count). The third-order valence-electron chi connectivity index (χ3n) is 3.51. The van der Waals surface area contributed by atoms with Gasteiger partial charge in [0.05, 0.1) is 0 Å². The first-order valence-corrected chi connectivity index (χ1v) is 6.03. The Bertz CT molecular complexity index is 369. The molecule has 1 aliphatic rings. The summed E-state index contributed by atoms with van der Waals surface area (Å²) < 4.78 is 0. The molecule has 0 bridgehead atoms. The molecule has 86 valence electrons. The van der Waals surface area contributed by atoms with Crippen LogP contribution in [0.2, 0.25) is 0 Å². The molecule has 2 unspecified atom stereocenters. The van der Waals surface area contributed by atoms with E-state index in [1.807, 2.05) is 12.1 Å². The van der Waals surface area contributed by atoms with Crippen LogP contribution in [-0.4, -0.2) is 18.4 Å². The predicted octanol–water partition coefficient (Wildman–Crippen LogP) is 2.74. The zero-order valence-electron chi connectivity index (χ0n) is 9.99. The first-order valence-electron chi connectivity index (χ1n) is 6.03. The van der Waals surface area contributed by atoms with E-state index in [9.17, 15) is 4.79 Å². The molecule has 1 aromatic rings. The average Bonchev–Trinajstić information content (AvgIpc) is 2.30. The van der Waals surface area contributed by atoms with Crippen LogP contribution in [0.3, 0.4) is 0 Å². The lowest BCUT2D eigenvalue weighted by Gasteiger charge is -2.30. The Balaban J connectivity index is 2.17. The first-order chi connectivity index (χ1) is 7.68. The van der Waals surface area contributed by atoms with E-state index in [4.69, 9.17) is 0 Å². The maximum absolute atomic E-state index is 11.2. The fourth-order valence-electron chi connectivity index (χ4n) is 2.46. The van der Waals surface area contributed by atoms with E-state index in [-0.39, 0.29) is 5.78 Å². The van der Waals surface area contributed by atoms with Gasteiger partial charge >= 0.3 is 0 Å². The highest BCUT2D eigenvalue weighted by molar-refractivity contribution is 5.94. The van der Waals surface area contributed by atoms with Crippen LogP contribution < -0.4 is 5.32 Å². The Morgan fingerprint density at radius 1 is 1.31 bits per heavy atom. The number of carbonyl (C=O) groups is 1. The quantitative estimate of drug-likeness (QED) is 0.772. The second-order valence-electron chi connectivity index (χ2n) is 4.67. The zero-order chi connectivity index (χ0) is 11.5. The highest BCUT2D eigenvalue weighted by Gasteiger charge is 2.22. The molecule has 1 N–H and O–H groups in total. The van der Waals surface area contributed by atoms with Gasteiger partial charge in [-0.3, -0.25) is 4.79 Å². The van der Waals surface area contributed by atoms with E-state index in [0.29, 0.717) is 12.0 Å². The normalized spacial score (nSPS) is 25.4. The van der Waals surface area contributed by atoms with Crippen molar-refractivity contribution in [3.05, 3.63) is 35.4 Å². The van der Waals surface area contributed by atoms with Gasteiger partial charge in [-0.15, -0.1) is 0 Å². The van der Waals surface area contributed by atoms with Crippen LogP contribution in [0.4, 0.5) is 0 Å². The van der Waals surface area contributed by atoms with Gasteiger partial charge in [0.15, 0.2) is 5.78 Å². The molecule has 1 fully saturated rings. The van der Waals surface area contributed by atoms with Crippen LogP contribution >= 0.6 is 0 Å². The molecule has 0 aromatic heterocycles. The van der Waals surface area contributed by atoms with Crippen molar-refractivity contribution in [2.24, 2.45) is 0 Å². The molecule has 1 saturated heterocycles. The number of hydrogen-bond acceptors (Lipinski definition) is 2. The highest BCUT2D eigenvalue weighted by Crippen LogP contribution is 2.27. The van der Waals surface area contributed by atoms with Crippen molar-refractivity contribution in [3.63, 3.8) is 0 Å². The molecule has 16 heavy (non-hydrogen) atoms. The van der Waals surface area contributed by atoms with Crippen molar-refractivity contribution < 1.29 is 4.79 Å². The lowest BCUT2D eigenvalue weighted by Crippen LogP contribution is -2.37. The Kier molecular flexibility index (Phi) is 3.39. The van der Waals surface area contributed by atoms with Gasteiger partial charge < -0.3 is 5.32 Å². The SMILES string of the molecule is CC(=O)c1ccc(C2CCCNC2C)cc1. The van der Waals surface area contributed by atoms with E-state index in [2.05, 4.69) is 24.4 Å². The van der Waals surface area contributed by atoms with Crippen molar-refractivity contribution in [1.82, 2.24) is 5.32 Å². The summed E-state index contributed by atoms with van der Waals surface area (Å²) in [6, 6.07) is 8.63. The summed E-state index contributed by atoms with van der Waals surface area (Å²) in [6.45, 7) is 4.98. The fraction of sp³-hybridized carbons (Fsp3) is 0.500. The van der Waals surface area contributed by atoms with Gasteiger partial charge in [-0.1, -0.05) is 24.3 Å². The molecule has 1 aliphatic heterocycles. The highest BCUT2D eigenvalue weighted by atomic mass is 16.1. The van der Waals surface area contributed by atoms with Crippen LogP contribution in [0.5, 0.6) is 0 Å². The van der Waals surface area contributed by atoms with Crippen molar-refractivity contribution in [1.29, 1.82) is 0 Å². The molecular weight excluding hydrogens is 198 g/mol. The van der Waals surface area contributed by atoms with Gasteiger partial charge in [-0.05, 0) is 44.7 Å². The van der Waals surface area contributed by atoms with E-state index in [0.717, 1.165) is 12.1 Å². The Hall–Kier alpha value is -1.15. The van der Waals surface area contributed by atoms with Crippen molar-refractivity contribution in [2.75, 3.05) is 6.54 Å². The smallest absolute Gasteiger partial charge is 0.159 e. The van der Waals surface area contributed by atoms with Crippen LogP contribution in [0, 0.1) is 0 Å². The molecule has 1 aromatic carbocycles. The second kappa shape index (κ2) is 4.79. The molecule has 1 heterocycles. The summed E-state index contributed by atoms with van der Waals surface area (Å²) >= 11 is 0. The van der Waals surface area contributed by atoms with E-state index >= 15 is 0 Å². The monoisotopic (exact) mass is 217 g/mol. The number of nitrogens with one attached hydrogen (secondary N) is 1. The van der Waals surface area contributed by atoms with Gasteiger partial charge in [0.2, 0.25) is 0 Å². The molecule has 0 aliphatic carbocycles. The first kappa shape index (κ1) is 11.3. The van der Waals surface area contributed by atoms with E-state index < -0.39 is 0 Å². The molecule has 2 nitrogen and oxygen atoms in total. The van der Waals surface area contributed by atoms with Gasteiger partial charge in [-0.2, -0.15) is 0 Å². The number of Topliss-reactive ketones (excluding diaryl/α,β-unsaturated/α-hetero) is 1. The third kappa shape index (κ3) is 2.33. The number of hydrogen-bond donors (Lipinski definition) is 1. The molecule has 2 heteroatoms. The lowest BCUT2D eigenvalue weighted by molar-refractivity contribution is 0.101. The van der Waals surface area contributed by atoms with Crippen LogP contribution in [0.25, 0.3) is 0 Å². The molecule has 0 saturated carbocycles.